The van der Waals surface area contributed by atoms with Crippen LogP contribution in [0.25, 0.3) is 0 Å². The molecule has 0 radical (unpaired) electrons. The molecule has 5 nitrogen and oxygen atoms in total. The second-order valence-corrected chi connectivity index (χ2v) is 6.32. The summed E-state index contributed by atoms with van der Waals surface area (Å²) in [5.74, 6) is 0. The molecule has 1 aromatic heterocycles. The van der Waals surface area contributed by atoms with Gasteiger partial charge in [0, 0.05) is 48.8 Å². The van der Waals surface area contributed by atoms with Crippen LogP contribution >= 0.6 is 11.6 Å². The van der Waals surface area contributed by atoms with Gasteiger partial charge in [0.2, 0.25) is 0 Å². The Morgan fingerprint density at radius 2 is 2.17 bits per heavy atom. The van der Waals surface area contributed by atoms with Crippen LogP contribution in [-0.4, -0.2) is 41.6 Å². The Balaban J connectivity index is 1.60. The molecule has 1 aliphatic heterocycles. The fourth-order valence-corrected chi connectivity index (χ4v) is 3.02. The second-order valence-electron chi connectivity index (χ2n) is 5.89. The van der Waals surface area contributed by atoms with Gasteiger partial charge in [0.15, 0.2) is 0 Å². The Morgan fingerprint density at radius 3 is 2.92 bits per heavy atom. The van der Waals surface area contributed by atoms with E-state index in [4.69, 9.17) is 11.6 Å². The lowest BCUT2D eigenvalue weighted by atomic mass is 10.0. The number of piperazine rings is 1. The van der Waals surface area contributed by atoms with Crippen LogP contribution in [0.5, 0.6) is 0 Å². The first-order valence-corrected chi connectivity index (χ1v) is 8.53. The van der Waals surface area contributed by atoms with Crippen LogP contribution in [0.4, 0.5) is 10.5 Å². The van der Waals surface area contributed by atoms with E-state index in [0.29, 0.717) is 11.6 Å². The lowest BCUT2D eigenvalue weighted by molar-refractivity contribution is 0.166. The normalized spacial score (nSPS) is 17.5. The number of pyridine rings is 1. The van der Waals surface area contributed by atoms with Crippen LogP contribution in [0.1, 0.15) is 12.0 Å². The number of nitrogens with zero attached hydrogens (tertiary/aromatic N) is 2. The number of amides is 2. The van der Waals surface area contributed by atoms with E-state index in [2.05, 4.69) is 21.7 Å². The SMILES string of the molecule is O=C(Nc1ccc(Cl)cc1)N1CCNCC1CCc1cccnc1. The van der Waals surface area contributed by atoms with E-state index in [-0.39, 0.29) is 12.1 Å². The van der Waals surface area contributed by atoms with Crippen molar-refractivity contribution < 1.29 is 4.79 Å². The molecule has 0 bridgehead atoms. The first kappa shape index (κ1) is 16.7. The molecule has 1 aromatic carbocycles. The zero-order valence-electron chi connectivity index (χ0n) is 13.4. The summed E-state index contributed by atoms with van der Waals surface area (Å²) >= 11 is 5.88. The van der Waals surface area contributed by atoms with Crippen molar-refractivity contribution in [2.24, 2.45) is 0 Å². The molecule has 24 heavy (non-hydrogen) atoms. The molecule has 1 unspecified atom stereocenters. The van der Waals surface area contributed by atoms with Crippen LogP contribution in [0.15, 0.2) is 48.8 Å². The summed E-state index contributed by atoms with van der Waals surface area (Å²) in [5, 5.41) is 6.98. The van der Waals surface area contributed by atoms with Gasteiger partial charge in [-0.15, -0.1) is 0 Å². The first-order valence-electron chi connectivity index (χ1n) is 8.15. The third-order valence-corrected chi connectivity index (χ3v) is 4.45. The van der Waals surface area contributed by atoms with Gasteiger partial charge in [-0.3, -0.25) is 4.98 Å². The number of aromatic nitrogens is 1. The van der Waals surface area contributed by atoms with Gasteiger partial charge in [-0.2, -0.15) is 0 Å². The van der Waals surface area contributed by atoms with Gasteiger partial charge in [0.05, 0.1) is 0 Å². The number of carbonyl (C=O) groups is 1. The van der Waals surface area contributed by atoms with Gasteiger partial charge in [-0.05, 0) is 48.7 Å². The van der Waals surface area contributed by atoms with Crippen molar-refractivity contribution in [3.05, 3.63) is 59.4 Å². The zero-order valence-corrected chi connectivity index (χ0v) is 14.2. The number of nitrogens with one attached hydrogen (secondary N) is 2. The lowest BCUT2D eigenvalue weighted by Crippen LogP contribution is -2.55. The number of aryl methyl sites for hydroxylation is 1. The van der Waals surface area contributed by atoms with Crippen LogP contribution in [0.3, 0.4) is 0 Å². The van der Waals surface area contributed by atoms with E-state index >= 15 is 0 Å². The van der Waals surface area contributed by atoms with E-state index in [1.807, 2.05) is 29.3 Å². The predicted octanol–water partition coefficient (Wildman–Crippen LogP) is 3.17. The van der Waals surface area contributed by atoms with Crippen molar-refractivity contribution in [2.45, 2.75) is 18.9 Å². The van der Waals surface area contributed by atoms with E-state index < -0.39 is 0 Å². The molecule has 0 saturated carbocycles. The number of rotatable bonds is 4. The predicted molar refractivity (Wildman–Crippen MR) is 96.4 cm³/mol. The maximum absolute atomic E-state index is 12.6. The van der Waals surface area contributed by atoms with Gasteiger partial charge in [0.25, 0.3) is 0 Å². The fourth-order valence-electron chi connectivity index (χ4n) is 2.89. The number of carbonyl (C=O) groups excluding carboxylic acids is 1. The number of anilines is 1. The molecule has 1 aliphatic rings. The Labute approximate surface area is 147 Å². The summed E-state index contributed by atoms with van der Waals surface area (Å²) in [6.45, 7) is 2.34. The molecule has 2 heterocycles. The molecule has 6 heteroatoms. The highest BCUT2D eigenvalue weighted by Crippen LogP contribution is 2.16. The van der Waals surface area contributed by atoms with Crippen LogP contribution in [-0.2, 0) is 6.42 Å². The largest absolute Gasteiger partial charge is 0.322 e. The Morgan fingerprint density at radius 1 is 1.33 bits per heavy atom. The highest BCUT2D eigenvalue weighted by molar-refractivity contribution is 6.30. The second kappa shape index (κ2) is 8.13. The number of hydrogen-bond acceptors (Lipinski definition) is 3. The average Bonchev–Trinajstić information content (AvgIpc) is 2.63. The summed E-state index contributed by atoms with van der Waals surface area (Å²) in [7, 11) is 0. The van der Waals surface area contributed by atoms with Crippen LogP contribution in [0.2, 0.25) is 5.02 Å². The number of halogens is 1. The van der Waals surface area contributed by atoms with Crippen molar-refractivity contribution in [1.82, 2.24) is 15.2 Å². The Kier molecular flexibility index (Phi) is 5.67. The van der Waals surface area contributed by atoms with Crippen LogP contribution in [0, 0.1) is 0 Å². The van der Waals surface area contributed by atoms with Crippen molar-refractivity contribution in [1.29, 1.82) is 0 Å². The maximum Gasteiger partial charge on any atom is 0.322 e. The third-order valence-electron chi connectivity index (χ3n) is 4.20. The molecule has 126 valence electrons. The minimum atomic E-state index is -0.0602. The smallest absolute Gasteiger partial charge is 0.319 e. The molecule has 2 aromatic rings. The standard InChI is InChI=1S/C18H21ClN4O/c19-15-4-6-16(7-5-15)22-18(24)23-11-10-21-13-17(23)8-3-14-2-1-9-20-12-14/h1-2,4-7,9,12,17,21H,3,8,10-11,13H2,(H,22,24). The average molecular weight is 345 g/mol. The van der Waals surface area contributed by atoms with Gasteiger partial charge < -0.3 is 15.5 Å². The third kappa shape index (κ3) is 4.46. The lowest BCUT2D eigenvalue weighted by Gasteiger charge is -2.36. The van der Waals surface area contributed by atoms with Gasteiger partial charge in [0.1, 0.15) is 0 Å². The number of urea groups is 1. The molecule has 2 N–H and O–H groups in total. The zero-order chi connectivity index (χ0) is 16.8. The van der Waals surface area contributed by atoms with Crippen LogP contribution < -0.4 is 10.6 Å². The molecule has 3 rings (SSSR count). The quantitative estimate of drug-likeness (QED) is 0.895. The Bertz CT molecular complexity index is 662. The Hall–Kier alpha value is -2.11. The van der Waals surface area contributed by atoms with Crippen molar-refractivity contribution in [3.8, 4) is 0 Å². The summed E-state index contributed by atoms with van der Waals surface area (Å²) in [4.78, 5) is 18.7. The van der Waals surface area contributed by atoms with Crippen molar-refractivity contribution in [3.63, 3.8) is 0 Å². The molecule has 2 amide bonds. The molecule has 0 spiro atoms. The summed E-state index contributed by atoms with van der Waals surface area (Å²) in [6, 6.07) is 11.3. The van der Waals surface area contributed by atoms with E-state index in [1.165, 1.54) is 5.56 Å². The molecule has 0 aliphatic carbocycles. The highest BCUT2D eigenvalue weighted by atomic mass is 35.5. The monoisotopic (exact) mass is 344 g/mol. The minimum absolute atomic E-state index is 0.0602. The number of benzene rings is 1. The fraction of sp³-hybridized carbons (Fsp3) is 0.333. The topological polar surface area (TPSA) is 57.3 Å². The van der Waals surface area contributed by atoms with Gasteiger partial charge >= 0.3 is 6.03 Å². The minimum Gasteiger partial charge on any atom is -0.319 e. The maximum atomic E-state index is 12.6. The molecule has 1 saturated heterocycles. The van der Waals surface area contributed by atoms with Gasteiger partial charge in [-0.25, -0.2) is 4.79 Å². The summed E-state index contributed by atoms with van der Waals surface area (Å²) in [5.41, 5.74) is 1.95. The number of hydrogen-bond donors (Lipinski definition) is 2. The summed E-state index contributed by atoms with van der Waals surface area (Å²) in [6.07, 6.45) is 5.48. The molecule has 1 fully saturated rings. The molecular formula is C18H21ClN4O. The van der Waals surface area contributed by atoms with Crippen molar-refractivity contribution >= 4 is 23.3 Å². The molecular weight excluding hydrogens is 324 g/mol. The highest BCUT2D eigenvalue weighted by Gasteiger charge is 2.26. The van der Waals surface area contributed by atoms with Gasteiger partial charge in [-0.1, -0.05) is 17.7 Å². The summed E-state index contributed by atoms with van der Waals surface area (Å²) < 4.78 is 0. The van der Waals surface area contributed by atoms with E-state index in [0.717, 1.165) is 31.6 Å². The molecule has 1 atom stereocenters. The van der Waals surface area contributed by atoms with E-state index in [9.17, 15) is 4.79 Å². The first-order chi connectivity index (χ1) is 11.7. The van der Waals surface area contributed by atoms with Crippen molar-refractivity contribution in [2.75, 3.05) is 25.0 Å². The van der Waals surface area contributed by atoms with E-state index in [1.54, 1.807) is 18.3 Å².